The van der Waals surface area contributed by atoms with E-state index in [1.165, 1.54) is 36.8 Å². The van der Waals surface area contributed by atoms with Crippen molar-refractivity contribution >= 4 is 50.8 Å². The molecule has 0 unspecified atom stereocenters. The normalized spacial score (nSPS) is 11.5. The molecule has 7 nitrogen and oxygen atoms in total. The molecule has 1 heterocycles. The van der Waals surface area contributed by atoms with Crippen molar-refractivity contribution in [2.45, 2.75) is 0 Å². The minimum Gasteiger partial charge on any atom is -0.495 e. The van der Waals surface area contributed by atoms with Crippen molar-refractivity contribution in [3.63, 3.8) is 0 Å². The van der Waals surface area contributed by atoms with Gasteiger partial charge < -0.3 is 4.74 Å². The number of carbonyl (C=O) groups is 1. The summed E-state index contributed by atoms with van der Waals surface area (Å²) in [6.07, 6.45) is 2.48. The van der Waals surface area contributed by atoms with E-state index >= 15 is 0 Å². The van der Waals surface area contributed by atoms with Crippen molar-refractivity contribution in [1.29, 1.82) is 0 Å². The van der Waals surface area contributed by atoms with E-state index in [0.29, 0.717) is 5.02 Å². The Hall–Kier alpha value is -2.10. The largest absolute Gasteiger partial charge is 0.495 e. The molecule has 10 heteroatoms. The first-order valence-electron chi connectivity index (χ1n) is 6.98. The maximum atomic E-state index is 12.1. The maximum absolute atomic E-state index is 12.1. The molecule has 0 bridgehead atoms. The molecular weight excluding hydrogens is 386 g/mol. The summed E-state index contributed by atoms with van der Waals surface area (Å²) in [5.74, 6) is -0.315. The van der Waals surface area contributed by atoms with E-state index in [4.69, 9.17) is 16.3 Å². The van der Waals surface area contributed by atoms with Gasteiger partial charge in [-0.05, 0) is 29.6 Å². The molecule has 0 aliphatic heterocycles. The smallest absolute Gasteiger partial charge is 0.260 e. The first-order chi connectivity index (χ1) is 11.8. The second-order valence-corrected chi connectivity index (χ2v) is 8.22. The second-order valence-electron chi connectivity index (χ2n) is 4.89. The van der Waals surface area contributed by atoms with Crippen LogP contribution in [0.1, 0.15) is 4.88 Å². The van der Waals surface area contributed by atoms with Crippen LogP contribution in [0.25, 0.3) is 0 Å². The predicted octanol–water partition coefficient (Wildman–Crippen LogP) is 2.33. The van der Waals surface area contributed by atoms with Crippen LogP contribution >= 0.6 is 22.9 Å². The van der Waals surface area contributed by atoms with E-state index < -0.39 is 22.5 Å². The van der Waals surface area contributed by atoms with Gasteiger partial charge in [-0.2, -0.15) is 5.10 Å². The van der Waals surface area contributed by atoms with Crippen molar-refractivity contribution in [2.24, 2.45) is 5.10 Å². The number of benzene rings is 1. The maximum Gasteiger partial charge on any atom is 0.260 e. The van der Waals surface area contributed by atoms with Crippen LogP contribution < -0.4 is 14.5 Å². The number of nitrogens with one attached hydrogen (secondary N) is 1. The van der Waals surface area contributed by atoms with Crippen LogP contribution in [0.2, 0.25) is 5.02 Å². The fourth-order valence-electron chi connectivity index (χ4n) is 1.94. The summed E-state index contributed by atoms with van der Waals surface area (Å²) >= 11 is 7.40. The Labute approximate surface area is 154 Å². The minimum absolute atomic E-state index is 0.176. The Bertz CT molecular complexity index is 867. The van der Waals surface area contributed by atoms with Crippen LogP contribution in [0.15, 0.2) is 40.8 Å². The summed E-state index contributed by atoms with van der Waals surface area (Å²) in [7, 11) is -2.35. The summed E-state index contributed by atoms with van der Waals surface area (Å²) in [6, 6.07) is 8.20. The fraction of sp³-hybridized carbons (Fsp3) is 0.200. The lowest BCUT2D eigenvalue weighted by Crippen LogP contribution is -2.39. The topological polar surface area (TPSA) is 88.1 Å². The summed E-state index contributed by atoms with van der Waals surface area (Å²) in [4.78, 5) is 12.9. The Morgan fingerprint density at radius 2 is 2.20 bits per heavy atom. The molecule has 2 aromatic rings. The molecule has 0 aliphatic rings. The zero-order valence-electron chi connectivity index (χ0n) is 13.5. The average Bonchev–Trinajstić information content (AvgIpc) is 3.05. The number of nitrogens with zero attached hydrogens (tertiary/aromatic N) is 2. The summed E-state index contributed by atoms with van der Waals surface area (Å²) < 4.78 is 30.3. The van der Waals surface area contributed by atoms with Crippen molar-refractivity contribution in [2.75, 3.05) is 24.2 Å². The molecule has 0 aliphatic carbocycles. The SMILES string of the molecule is COc1ccc(Cl)cc1N(CC(=O)N/N=C/c1cccs1)S(C)(=O)=O. The number of ether oxygens (including phenoxy) is 1. The molecule has 0 saturated heterocycles. The van der Waals surface area contributed by atoms with Crippen LogP contribution in [-0.2, 0) is 14.8 Å². The standard InChI is InChI=1S/C15H16ClN3O4S2/c1-23-14-6-5-11(16)8-13(14)19(25(2,21)22)10-15(20)18-17-9-12-4-3-7-24-12/h3-9H,10H2,1-2H3,(H,18,20)/b17-9+. The van der Waals surface area contributed by atoms with E-state index in [2.05, 4.69) is 10.5 Å². The number of anilines is 1. The number of halogens is 1. The number of thiophene rings is 1. The number of hydrazone groups is 1. The lowest BCUT2D eigenvalue weighted by atomic mass is 10.3. The molecule has 1 amide bonds. The van der Waals surface area contributed by atoms with E-state index in [1.807, 2.05) is 17.5 Å². The molecule has 134 valence electrons. The van der Waals surface area contributed by atoms with Crippen molar-refractivity contribution in [1.82, 2.24) is 5.43 Å². The molecule has 25 heavy (non-hydrogen) atoms. The molecule has 1 aromatic heterocycles. The number of sulfonamides is 1. The Kier molecular flexibility index (Phi) is 6.40. The highest BCUT2D eigenvalue weighted by Gasteiger charge is 2.24. The van der Waals surface area contributed by atoms with Gasteiger partial charge in [0.1, 0.15) is 12.3 Å². The van der Waals surface area contributed by atoms with Gasteiger partial charge in [0.15, 0.2) is 0 Å². The van der Waals surface area contributed by atoms with E-state index in [9.17, 15) is 13.2 Å². The van der Waals surface area contributed by atoms with Gasteiger partial charge in [0.05, 0.1) is 25.3 Å². The van der Waals surface area contributed by atoms with Gasteiger partial charge in [-0.1, -0.05) is 17.7 Å². The fourth-order valence-corrected chi connectivity index (χ4v) is 3.54. The third kappa shape index (κ3) is 5.45. The molecule has 0 spiro atoms. The summed E-state index contributed by atoms with van der Waals surface area (Å²) in [6.45, 7) is -0.461. The monoisotopic (exact) mass is 401 g/mol. The van der Waals surface area contributed by atoms with Gasteiger partial charge >= 0.3 is 0 Å². The first-order valence-corrected chi connectivity index (χ1v) is 10.1. The summed E-state index contributed by atoms with van der Waals surface area (Å²) in [5, 5.41) is 6.00. The number of carbonyl (C=O) groups excluding carboxylic acids is 1. The molecule has 2 rings (SSSR count). The van der Waals surface area contributed by atoms with Crippen molar-refractivity contribution in [3.8, 4) is 5.75 Å². The van der Waals surface area contributed by atoms with Crippen LogP contribution in [0, 0.1) is 0 Å². The highest BCUT2D eigenvalue weighted by molar-refractivity contribution is 7.92. The van der Waals surface area contributed by atoms with Gasteiger partial charge in [-0.25, -0.2) is 13.8 Å². The van der Waals surface area contributed by atoms with Crippen molar-refractivity contribution in [3.05, 3.63) is 45.6 Å². The molecule has 0 fully saturated rings. The Morgan fingerprint density at radius 3 is 2.80 bits per heavy atom. The summed E-state index contributed by atoms with van der Waals surface area (Å²) in [5.41, 5.74) is 2.48. The quantitative estimate of drug-likeness (QED) is 0.569. The Balaban J connectivity index is 2.19. The number of hydrogen-bond acceptors (Lipinski definition) is 6. The molecule has 0 atom stereocenters. The predicted molar refractivity (Wildman–Crippen MR) is 100 cm³/mol. The van der Waals surface area contributed by atoms with Gasteiger partial charge in [0.25, 0.3) is 5.91 Å². The zero-order chi connectivity index (χ0) is 18.4. The van der Waals surface area contributed by atoms with Gasteiger partial charge in [0.2, 0.25) is 10.0 Å². The highest BCUT2D eigenvalue weighted by Crippen LogP contribution is 2.32. The number of methoxy groups -OCH3 is 1. The van der Waals surface area contributed by atoms with Gasteiger partial charge in [0, 0.05) is 9.90 Å². The van der Waals surface area contributed by atoms with Crippen LogP contribution in [0.5, 0.6) is 5.75 Å². The number of rotatable bonds is 7. The van der Waals surface area contributed by atoms with Gasteiger partial charge in [-0.3, -0.25) is 9.10 Å². The second kappa shape index (κ2) is 8.32. The molecule has 1 N–H and O–H groups in total. The third-order valence-corrected chi connectivity index (χ3v) is 5.19. The average molecular weight is 402 g/mol. The molecule has 0 radical (unpaired) electrons. The van der Waals surface area contributed by atoms with Gasteiger partial charge in [-0.15, -0.1) is 11.3 Å². The zero-order valence-corrected chi connectivity index (χ0v) is 15.9. The van der Waals surface area contributed by atoms with Crippen LogP contribution in [-0.4, -0.2) is 40.4 Å². The lowest BCUT2D eigenvalue weighted by Gasteiger charge is -2.23. The lowest BCUT2D eigenvalue weighted by molar-refractivity contribution is -0.119. The molecule has 1 aromatic carbocycles. The van der Waals surface area contributed by atoms with E-state index in [1.54, 1.807) is 6.07 Å². The molecular formula is C15H16ClN3O4S2. The number of hydrogen-bond donors (Lipinski definition) is 1. The Morgan fingerprint density at radius 1 is 1.44 bits per heavy atom. The van der Waals surface area contributed by atoms with E-state index in [0.717, 1.165) is 15.4 Å². The number of amides is 1. The van der Waals surface area contributed by atoms with Crippen LogP contribution in [0.3, 0.4) is 0 Å². The molecule has 0 saturated carbocycles. The van der Waals surface area contributed by atoms with Crippen molar-refractivity contribution < 1.29 is 17.9 Å². The third-order valence-electron chi connectivity index (χ3n) is 3.02. The van der Waals surface area contributed by atoms with Crippen LogP contribution in [0.4, 0.5) is 5.69 Å². The van der Waals surface area contributed by atoms with E-state index in [-0.39, 0.29) is 11.4 Å². The first kappa shape index (κ1) is 19.2. The minimum atomic E-state index is -3.75. The highest BCUT2D eigenvalue weighted by atomic mass is 35.5.